The van der Waals surface area contributed by atoms with Gasteiger partial charge in [-0.3, -0.25) is 9.69 Å². The summed E-state index contributed by atoms with van der Waals surface area (Å²) in [5.74, 6) is 0.687. The lowest BCUT2D eigenvalue weighted by Crippen LogP contribution is -3.14. The minimum Gasteiger partial charge on any atom is -0.497 e. The number of morpholine rings is 1. The number of carbonyl (C=O) groups excluding carboxylic acids is 2. The van der Waals surface area contributed by atoms with Crippen LogP contribution in [0.3, 0.4) is 0 Å². The van der Waals surface area contributed by atoms with Gasteiger partial charge in [-0.1, -0.05) is 18.2 Å². The zero-order valence-electron chi connectivity index (χ0n) is 18.1. The molecule has 0 aromatic heterocycles. The summed E-state index contributed by atoms with van der Waals surface area (Å²) >= 11 is 0. The van der Waals surface area contributed by atoms with Crippen LogP contribution in [0.4, 0.5) is 4.79 Å². The molecule has 1 atom stereocenters. The van der Waals surface area contributed by atoms with Gasteiger partial charge in [0.15, 0.2) is 0 Å². The Morgan fingerprint density at radius 3 is 2.87 bits per heavy atom. The average Bonchev–Trinajstić information content (AvgIpc) is 3.12. The van der Waals surface area contributed by atoms with Crippen molar-refractivity contribution in [2.75, 3.05) is 59.6 Å². The molecule has 31 heavy (non-hydrogen) atoms. The van der Waals surface area contributed by atoms with Gasteiger partial charge in [0.25, 0.3) is 5.91 Å². The summed E-state index contributed by atoms with van der Waals surface area (Å²) in [5.41, 5.74) is 2.26. The molecule has 166 valence electrons. The van der Waals surface area contributed by atoms with Crippen LogP contribution in [0.15, 0.2) is 48.2 Å². The van der Waals surface area contributed by atoms with E-state index in [0.717, 1.165) is 50.5 Å². The summed E-state index contributed by atoms with van der Waals surface area (Å²) in [6.07, 6.45) is 2.61. The highest BCUT2D eigenvalue weighted by atomic mass is 16.5. The SMILES string of the molecule is C=CCN1C(=O)N[C@@H](c2cccc(OC)c2)C2=C1CN(CCC[NH+]1CCOCC1)C2=O. The van der Waals surface area contributed by atoms with E-state index >= 15 is 0 Å². The zero-order valence-corrected chi connectivity index (χ0v) is 18.1. The monoisotopic (exact) mass is 427 g/mol. The predicted molar refractivity (Wildman–Crippen MR) is 116 cm³/mol. The van der Waals surface area contributed by atoms with Crippen LogP contribution in [0, 0.1) is 0 Å². The molecule has 3 aliphatic heterocycles. The van der Waals surface area contributed by atoms with Crippen molar-refractivity contribution in [2.45, 2.75) is 12.5 Å². The molecule has 1 fully saturated rings. The van der Waals surface area contributed by atoms with E-state index in [-0.39, 0.29) is 11.9 Å². The lowest BCUT2D eigenvalue weighted by Gasteiger charge is -2.33. The van der Waals surface area contributed by atoms with Crippen molar-refractivity contribution in [3.05, 3.63) is 53.8 Å². The molecule has 1 saturated heterocycles. The highest BCUT2D eigenvalue weighted by Gasteiger charge is 2.43. The number of rotatable bonds is 8. The molecule has 1 aromatic rings. The molecule has 0 radical (unpaired) electrons. The lowest BCUT2D eigenvalue weighted by molar-refractivity contribution is -0.908. The predicted octanol–water partition coefficient (Wildman–Crippen LogP) is 0.349. The summed E-state index contributed by atoms with van der Waals surface area (Å²) in [6.45, 7) is 9.94. The Bertz CT molecular complexity index is 878. The number of nitrogens with one attached hydrogen (secondary N) is 2. The summed E-state index contributed by atoms with van der Waals surface area (Å²) in [6, 6.07) is 6.82. The quantitative estimate of drug-likeness (QED) is 0.587. The molecule has 3 aliphatic rings. The molecule has 8 heteroatoms. The Labute approximate surface area is 183 Å². The number of quaternary nitrogens is 1. The second kappa shape index (κ2) is 9.53. The van der Waals surface area contributed by atoms with E-state index in [1.54, 1.807) is 18.1 Å². The molecule has 2 N–H and O–H groups in total. The normalized spacial score (nSPS) is 21.9. The standard InChI is InChI=1S/C23H30N4O4/c1-3-8-27-19-16-26(10-5-9-25-11-13-31-14-12-25)22(28)20(19)21(24-23(27)29)17-6-4-7-18(15-17)30-2/h3-4,6-7,15,21H,1,5,8-14,16H2,2H3,(H,24,29)/p+1/t21-/m0/s1. The highest BCUT2D eigenvalue weighted by Crippen LogP contribution is 2.37. The average molecular weight is 428 g/mol. The van der Waals surface area contributed by atoms with Gasteiger partial charge < -0.3 is 24.6 Å². The maximum absolute atomic E-state index is 13.4. The fourth-order valence-corrected chi connectivity index (χ4v) is 4.55. The van der Waals surface area contributed by atoms with E-state index in [9.17, 15) is 9.59 Å². The van der Waals surface area contributed by atoms with Crippen LogP contribution in [0.5, 0.6) is 5.75 Å². The van der Waals surface area contributed by atoms with Crippen LogP contribution in [-0.2, 0) is 9.53 Å². The number of urea groups is 1. The third-order valence-corrected chi connectivity index (χ3v) is 6.19. The molecule has 4 rings (SSSR count). The van der Waals surface area contributed by atoms with Gasteiger partial charge in [-0.2, -0.15) is 0 Å². The van der Waals surface area contributed by atoms with Crippen molar-refractivity contribution < 1.29 is 24.0 Å². The minimum atomic E-state index is -0.485. The topological polar surface area (TPSA) is 75.6 Å². The van der Waals surface area contributed by atoms with Gasteiger partial charge in [0.1, 0.15) is 18.8 Å². The number of nitrogens with zero attached hydrogens (tertiary/aromatic N) is 2. The maximum atomic E-state index is 13.4. The van der Waals surface area contributed by atoms with Crippen LogP contribution in [0.1, 0.15) is 18.0 Å². The molecule has 3 amide bonds. The minimum absolute atomic E-state index is 0.00569. The Morgan fingerprint density at radius 2 is 2.13 bits per heavy atom. The van der Waals surface area contributed by atoms with Gasteiger partial charge in [-0.05, 0) is 17.7 Å². The first-order valence-electron chi connectivity index (χ1n) is 10.9. The van der Waals surface area contributed by atoms with Crippen LogP contribution in [-0.4, -0.2) is 81.3 Å². The van der Waals surface area contributed by atoms with Gasteiger partial charge in [-0.15, -0.1) is 6.58 Å². The van der Waals surface area contributed by atoms with Gasteiger partial charge in [0.05, 0.1) is 50.7 Å². The van der Waals surface area contributed by atoms with Gasteiger partial charge in [0, 0.05) is 19.5 Å². The molecule has 8 nitrogen and oxygen atoms in total. The number of hydrogen-bond acceptors (Lipinski definition) is 4. The van der Waals surface area contributed by atoms with Crippen molar-refractivity contribution in [3.8, 4) is 5.75 Å². The fraction of sp³-hybridized carbons (Fsp3) is 0.478. The van der Waals surface area contributed by atoms with Crippen LogP contribution in [0.2, 0.25) is 0 Å². The van der Waals surface area contributed by atoms with Crippen LogP contribution in [0.25, 0.3) is 0 Å². The second-order valence-electron chi connectivity index (χ2n) is 8.11. The molecular weight excluding hydrogens is 396 g/mol. The Morgan fingerprint density at radius 1 is 1.32 bits per heavy atom. The number of hydrogen-bond donors (Lipinski definition) is 2. The van der Waals surface area contributed by atoms with E-state index in [1.165, 1.54) is 4.90 Å². The molecule has 0 spiro atoms. The number of benzene rings is 1. The van der Waals surface area contributed by atoms with Crippen molar-refractivity contribution in [2.24, 2.45) is 0 Å². The summed E-state index contributed by atoms with van der Waals surface area (Å²) in [7, 11) is 1.61. The largest absolute Gasteiger partial charge is 0.497 e. The highest BCUT2D eigenvalue weighted by molar-refractivity contribution is 6.01. The second-order valence-corrected chi connectivity index (χ2v) is 8.11. The molecule has 0 bridgehead atoms. The lowest BCUT2D eigenvalue weighted by atomic mass is 9.95. The molecule has 3 heterocycles. The molecular formula is C23H31N4O4+. The van der Waals surface area contributed by atoms with Gasteiger partial charge >= 0.3 is 6.03 Å². The van der Waals surface area contributed by atoms with Gasteiger partial charge in [-0.25, -0.2) is 4.79 Å². The van der Waals surface area contributed by atoms with E-state index in [0.29, 0.717) is 31.0 Å². The van der Waals surface area contributed by atoms with Crippen molar-refractivity contribution >= 4 is 11.9 Å². The van der Waals surface area contributed by atoms with Crippen molar-refractivity contribution in [3.63, 3.8) is 0 Å². The van der Waals surface area contributed by atoms with E-state index in [2.05, 4.69) is 11.9 Å². The van der Waals surface area contributed by atoms with Crippen molar-refractivity contribution in [1.82, 2.24) is 15.1 Å². The third kappa shape index (κ3) is 4.45. The first-order valence-corrected chi connectivity index (χ1v) is 10.9. The zero-order chi connectivity index (χ0) is 21.8. The molecule has 1 aromatic carbocycles. The Hall–Kier alpha value is -2.84. The van der Waals surface area contributed by atoms with Gasteiger partial charge in [0.2, 0.25) is 0 Å². The summed E-state index contributed by atoms with van der Waals surface area (Å²) in [5, 5.41) is 3.01. The third-order valence-electron chi connectivity index (χ3n) is 6.19. The first kappa shape index (κ1) is 21.4. The first-order chi connectivity index (χ1) is 15.1. The smallest absolute Gasteiger partial charge is 0.322 e. The van der Waals surface area contributed by atoms with E-state index in [1.807, 2.05) is 29.2 Å². The molecule has 0 saturated carbocycles. The van der Waals surface area contributed by atoms with Crippen LogP contribution >= 0.6 is 0 Å². The maximum Gasteiger partial charge on any atom is 0.322 e. The summed E-state index contributed by atoms with van der Waals surface area (Å²) < 4.78 is 10.8. The van der Waals surface area contributed by atoms with E-state index in [4.69, 9.17) is 9.47 Å². The molecule has 0 unspecified atom stereocenters. The van der Waals surface area contributed by atoms with Crippen LogP contribution < -0.4 is 15.0 Å². The van der Waals surface area contributed by atoms with E-state index < -0.39 is 6.04 Å². The Balaban J connectivity index is 1.53. The fourth-order valence-electron chi connectivity index (χ4n) is 4.55. The van der Waals surface area contributed by atoms with Crippen molar-refractivity contribution in [1.29, 1.82) is 0 Å². The molecule has 0 aliphatic carbocycles. The number of methoxy groups -OCH3 is 1. The summed E-state index contributed by atoms with van der Waals surface area (Å²) in [4.78, 5) is 31.3. The number of carbonyl (C=O) groups is 2. The number of ether oxygens (including phenoxy) is 2. The number of amides is 3. The Kier molecular flexibility index (Phi) is 6.58.